The van der Waals surface area contributed by atoms with Crippen LogP contribution in [0.5, 0.6) is 11.5 Å². The Morgan fingerprint density at radius 3 is 2.52 bits per heavy atom. The second kappa shape index (κ2) is 8.30. The quantitative estimate of drug-likeness (QED) is 0.687. The van der Waals surface area contributed by atoms with E-state index in [2.05, 4.69) is 0 Å². The minimum atomic E-state index is -1.56. The van der Waals surface area contributed by atoms with Crippen LogP contribution in [0.25, 0.3) is 0 Å². The fraction of sp³-hybridized carbons (Fsp3) is 0.381. The third-order valence-corrected chi connectivity index (χ3v) is 5.49. The van der Waals surface area contributed by atoms with E-state index in [1.54, 1.807) is 18.2 Å². The van der Waals surface area contributed by atoms with E-state index >= 15 is 0 Å². The molecule has 2 heterocycles. The number of aliphatic hydroxyl groups excluding tert-OH is 3. The Hall–Kier alpha value is -2.16. The molecule has 2 aliphatic rings. The standard InChI is InChI=1S/C21H21ClO7/c22-14-3-2-12(21-20(26)19(25)18(24)17(10-23)29-21)9-13(14)7-11-1-4-15-16(8-11)28-6-5-27-15/h1-4,8-9,17-18,20-21,23-24,26H,5-7,10H2/t17-,18+,20?,21+/m1/s1. The fourth-order valence-corrected chi connectivity index (χ4v) is 3.76. The zero-order chi connectivity index (χ0) is 20.5. The maximum atomic E-state index is 12.1. The highest BCUT2D eigenvalue weighted by Crippen LogP contribution is 2.35. The van der Waals surface area contributed by atoms with Gasteiger partial charge in [0.25, 0.3) is 0 Å². The lowest BCUT2D eigenvalue weighted by molar-refractivity contribution is -0.189. The SMILES string of the molecule is O=C1C(O)[C@H](c2ccc(Cl)c(Cc3ccc4c(c3)OCCO4)c2)O[C@H](CO)[C@@H]1O. The van der Waals surface area contributed by atoms with E-state index in [-0.39, 0.29) is 0 Å². The first-order chi connectivity index (χ1) is 14.0. The van der Waals surface area contributed by atoms with Crippen molar-refractivity contribution in [3.8, 4) is 11.5 Å². The molecule has 0 bridgehead atoms. The highest BCUT2D eigenvalue weighted by atomic mass is 35.5. The Bertz CT molecular complexity index is 916. The van der Waals surface area contributed by atoms with Crippen LogP contribution in [0.15, 0.2) is 36.4 Å². The molecule has 3 N–H and O–H groups in total. The molecule has 1 fully saturated rings. The van der Waals surface area contributed by atoms with Crippen LogP contribution in [-0.2, 0) is 16.0 Å². The van der Waals surface area contributed by atoms with Crippen LogP contribution >= 0.6 is 11.6 Å². The van der Waals surface area contributed by atoms with Gasteiger partial charge < -0.3 is 29.5 Å². The molecule has 0 aromatic heterocycles. The lowest BCUT2D eigenvalue weighted by atomic mass is 9.91. The molecule has 2 aromatic carbocycles. The second-order valence-corrected chi connectivity index (χ2v) is 7.48. The van der Waals surface area contributed by atoms with Crippen molar-refractivity contribution in [1.29, 1.82) is 0 Å². The third-order valence-electron chi connectivity index (χ3n) is 5.12. The number of halogens is 1. The monoisotopic (exact) mass is 420 g/mol. The molecule has 2 aliphatic heterocycles. The third kappa shape index (κ3) is 3.97. The lowest BCUT2D eigenvalue weighted by Crippen LogP contribution is -2.52. The average Bonchev–Trinajstić information content (AvgIpc) is 2.74. The molecule has 0 aliphatic carbocycles. The molecule has 1 unspecified atom stereocenters. The van der Waals surface area contributed by atoms with Gasteiger partial charge in [-0.1, -0.05) is 29.8 Å². The predicted octanol–water partition coefficient (Wildman–Crippen LogP) is 1.43. The van der Waals surface area contributed by atoms with Crippen molar-refractivity contribution < 1.29 is 34.3 Å². The highest BCUT2D eigenvalue weighted by molar-refractivity contribution is 6.31. The van der Waals surface area contributed by atoms with E-state index in [1.165, 1.54) is 0 Å². The molecule has 1 saturated heterocycles. The summed E-state index contributed by atoms with van der Waals surface area (Å²) in [6, 6.07) is 10.7. The van der Waals surface area contributed by atoms with Crippen LogP contribution in [0, 0.1) is 0 Å². The number of hydrogen-bond donors (Lipinski definition) is 3. The summed E-state index contributed by atoms with van der Waals surface area (Å²) in [5.41, 5.74) is 2.27. The van der Waals surface area contributed by atoms with Crippen LogP contribution in [0.2, 0.25) is 5.02 Å². The first kappa shape index (κ1) is 20.1. The van der Waals surface area contributed by atoms with Gasteiger partial charge in [-0.15, -0.1) is 0 Å². The van der Waals surface area contributed by atoms with Crippen LogP contribution in [0.3, 0.4) is 0 Å². The average molecular weight is 421 g/mol. The maximum absolute atomic E-state index is 12.1. The van der Waals surface area contributed by atoms with Gasteiger partial charge in [0.15, 0.2) is 17.3 Å². The van der Waals surface area contributed by atoms with Crippen molar-refractivity contribution >= 4 is 17.4 Å². The molecule has 154 valence electrons. The second-order valence-electron chi connectivity index (χ2n) is 7.08. The molecule has 0 amide bonds. The normalized spacial score (nSPS) is 26.4. The molecular formula is C21H21ClO7. The van der Waals surface area contributed by atoms with E-state index in [9.17, 15) is 20.1 Å². The summed E-state index contributed by atoms with van der Waals surface area (Å²) in [6.45, 7) is 0.482. The summed E-state index contributed by atoms with van der Waals surface area (Å²) in [7, 11) is 0. The summed E-state index contributed by atoms with van der Waals surface area (Å²) in [5.74, 6) is 0.603. The molecule has 0 radical (unpaired) electrons. The molecule has 2 aromatic rings. The molecular weight excluding hydrogens is 400 g/mol. The summed E-state index contributed by atoms with van der Waals surface area (Å²) in [4.78, 5) is 12.1. The Morgan fingerprint density at radius 1 is 1.00 bits per heavy atom. The number of Topliss-reactive ketones (excluding diaryl/α,β-unsaturated/α-hetero) is 1. The van der Waals surface area contributed by atoms with Crippen molar-refractivity contribution in [3.05, 3.63) is 58.1 Å². The Morgan fingerprint density at radius 2 is 1.76 bits per heavy atom. The van der Waals surface area contributed by atoms with Gasteiger partial charge in [-0.05, 0) is 41.3 Å². The number of ketones is 1. The van der Waals surface area contributed by atoms with E-state index in [4.69, 9.17) is 25.8 Å². The molecule has 29 heavy (non-hydrogen) atoms. The number of rotatable bonds is 4. The number of benzene rings is 2. The van der Waals surface area contributed by atoms with Gasteiger partial charge in [-0.25, -0.2) is 0 Å². The van der Waals surface area contributed by atoms with Gasteiger partial charge >= 0.3 is 0 Å². The molecule has 7 nitrogen and oxygen atoms in total. The molecule has 0 spiro atoms. The largest absolute Gasteiger partial charge is 0.486 e. The van der Waals surface area contributed by atoms with Crippen LogP contribution in [0.4, 0.5) is 0 Å². The predicted molar refractivity (Wildman–Crippen MR) is 103 cm³/mol. The van der Waals surface area contributed by atoms with Gasteiger partial charge in [0.05, 0.1) is 6.61 Å². The first-order valence-corrected chi connectivity index (χ1v) is 9.68. The number of carbonyl (C=O) groups is 1. The van der Waals surface area contributed by atoms with E-state index in [1.807, 2.05) is 18.2 Å². The zero-order valence-electron chi connectivity index (χ0n) is 15.5. The summed E-state index contributed by atoms with van der Waals surface area (Å²) in [5, 5.41) is 30.0. The van der Waals surface area contributed by atoms with Gasteiger partial charge in [0.1, 0.15) is 37.6 Å². The Kier molecular flexibility index (Phi) is 5.76. The first-order valence-electron chi connectivity index (χ1n) is 9.31. The minimum Gasteiger partial charge on any atom is -0.486 e. The summed E-state index contributed by atoms with van der Waals surface area (Å²) >= 11 is 6.37. The molecule has 0 saturated carbocycles. The topological polar surface area (TPSA) is 105 Å². The van der Waals surface area contributed by atoms with E-state index in [0.29, 0.717) is 41.7 Å². The van der Waals surface area contributed by atoms with Gasteiger partial charge in [0, 0.05) is 5.02 Å². The van der Waals surface area contributed by atoms with Gasteiger partial charge in [0.2, 0.25) is 0 Å². The number of hydrogen-bond acceptors (Lipinski definition) is 7. The minimum absolute atomic E-state index is 0.492. The van der Waals surface area contributed by atoms with Crippen molar-refractivity contribution in [1.82, 2.24) is 0 Å². The molecule has 4 rings (SSSR count). The Balaban J connectivity index is 1.60. The highest BCUT2D eigenvalue weighted by Gasteiger charge is 2.43. The molecule has 8 heteroatoms. The van der Waals surface area contributed by atoms with E-state index < -0.39 is 36.8 Å². The number of fused-ring (bicyclic) bond motifs is 1. The smallest absolute Gasteiger partial charge is 0.195 e. The van der Waals surface area contributed by atoms with Crippen molar-refractivity contribution in [2.75, 3.05) is 19.8 Å². The number of carbonyl (C=O) groups excluding carboxylic acids is 1. The van der Waals surface area contributed by atoms with Crippen molar-refractivity contribution in [2.45, 2.75) is 30.8 Å². The van der Waals surface area contributed by atoms with Gasteiger partial charge in [-0.2, -0.15) is 0 Å². The van der Waals surface area contributed by atoms with Crippen molar-refractivity contribution in [3.63, 3.8) is 0 Å². The van der Waals surface area contributed by atoms with E-state index in [0.717, 1.165) is 11.1 Å². The summed E-state index contributed by atoms with van der Waals surface area (Å²) in [6.07, 6.45) is -4.69. The maximum Gasteiger partial charge on any atom is 0.195 e. The number of aliphatic hydroxyl groups is 3. The molecule has 4 atom stereocenters. The zero-order valence-corrected chi connectivity index (χ0v) is 16.2. The summed E-state index contributed by atoms with van der Waals surface area (Å²) < 4.78 is 16.7. The van der Waals surface area contributed by atoms with Crippen LogP contribution in [0.1, 0.15) is 22.8 Å². The van der Waals surface area contributed by atoms with Crippen LogP contribution < -0.4 is 9.47 Å². The van der Waals surface area contributed by atoms with Crippen LogP contribution in [-0.4, -0.2) is 59.2 Å². The fourth-order valence-electron chi connectivity index (χ4n) is 3.57. The Labute approximate surface area is 172 Å². The van der Waals surface area contributed by atoms with Crippen molar-refractivity contribution in [2.24, 2.45) is 0 Å². The number of ether oxygens (including phenoxy) is 3. The van der Waals surface area contributed by atoms with Gasteiger partial charge in [-0.3, -0.25) is 4.79 Å². The lowest BCUT2D eigenvalue weighted by Gasteiger charge is -2.35.